The molecule has 2 aliphatic heterocycles. The molecular formula is C43H45ClN10O3S. The molecule has 298 valence electrons. The number of halogens is 1. The number of hydrogen-bond donors (Lipinski definition) is 1. The van der Waals surface area contributed by atoms with Crippen LogP contribution in [0.15, 0.2) is 53.7 Å². The van der Waals surface area contributed by atoms with Gasteiger partial charge in [0.15, 0.2) is 17.3 Å². The van der Waals surface area contributed by atoms with E-state index in [1.807, 2.05) is 25.3 Å². The van der Waals surface area contributed by atoms with Gasteiger partial charge in [0.25, 0.3) is 5.91 Å². The van der Waals surface area contributed by atoms with Crippen molar-refractivity contribution in [1.82, 2.24) is 35.3 Å². The predicted octanol–water partition coefficient (Wildman–Crippen LogP) is 7.51. The molecule has 58 heavy (non-hydrogen) atoms. The van der Waals surface area contributed by atoms with Crippen molar-refractivity contribution in [2.24, 2.45) is 16.3 Å². The summed E-state index contributed by atoms with van der Waals surface area (Å²) >= 11 is 7.92. The first-order valence-corrected chi connectivity index (χ1v) is 21.3. The van der Waals surface area contributed by atoms with Gasteiger partial charge in [0, 0.05) is 53.5 Å². The van der Waals surface area contributed by atoms with Gasteiger partial charge in [0.1, 0.15) is 29.2 Å². The molecule has 5 aromatic rings. The fourth-order valence-electron chi connectivity index (χ4n) is 9.16. The standard InChI is InChI=1S/C43H45ClN10O3S/c1-25-26(2)58-42-39(25)40(47-22-37-52-49-27(3)54(37)42)30-6-14-38(46-21-30)56-23-28-18-43(19-28)15-4-16-53(24-43)36-13-12-35(50-51-36)41(55)48-31-7-10-32(11-8-31)57-33-9-5-29(20-45)34(44)17-33/h5-6,9,12-14,17,21,28,31-32H,4,7-8,10-11,15-16,18-19,22-24H2,1-3H3,(H,48,55). The van der Waals surface area contributed by atoms with Crippen molar-refractivity contribution in [2.45, 2.75) is 90.8 Å². The Balaban J connectivity index is 0.740. The van der Waals surface area contributed by atoms with Crippen molar-refractivity contribution in [1.29, 1.82) is 5.26 Å². The number of hydrogen-bond acceptors (Lipinski definition) is 12. The summed E-state index contributed by atoms with van der Waals surface area (Å²) in [6, 6.07) is 15.0. The number of aliphatic imine (C=N–C) groups is 1. The number of nitrogens with one attached hydrogen (secondary N) is 1. The van der Waals surface area contributed by atoms with E-state index in [1.54, 1.807) is 35.6 Å². The number of carbonyl (C=O) groups excluding carboxylic acids is 1. The minimum atomic E-state index is -0.204. The van der Waals surface area contributed by atoms with Crippen LogP contribution in [0.3, 0.4) is 0 Å². The van der Waals surface area contributed by atoms with Crippen molar-refractivity contribution in [3.8, 4) is 22.7 Å². The van der Waals surface area contributed by atoms with Crippen LogP contribution in [0.5, 0.6) is 11.6 Å². The van der Waals surface area contributed by atoms with E-state index < -0.39 is 0 Å². The van der Waals surface area contributed by atoms with Crippen LogP contribution < -0.4 is 19.7 Å². The number of fused-ring (bicyclic) bond motifs is 3. The Kier molecular flexibility index (Phi) is 10.4. The van der Waals surface area contributed by atoms with Gasteiger partial charge >= 0.3 is 0 Å². The van der Waals surface area contributed by atoms with Crippen LogP contribution in [0.25, 0.3) is 5.00 Å². The summed E-state index contributed by atoms with van der Waals surface area (Å²) in [6.45, 7) is 9.24. The molecule has 1 spiro atoms. The van der Waals surface area contributed by atoms with E-state index in [-0.39, 0.29) is 23.5 Å². The fourth-order valence-corrected chi connectivity index (χ4v) is 10.6. The summed E-state index contributed by atoms with van der Waals surface area (Å²) in [5, 5.41) is 31.3. The van der Waals surface area contributed by atoms with Gasteiger partial charge in [0.05, 0.1) is 29.0 Å². The second-order valence-corrected chi connectivity index (χ2v) is 17.8. The van der Waals surface area contributed by atoms with E-state index in [9.17, 15) is 4.79 Å². The molecule has 0 radical (unpaired) electrons. The highest BCUT2D eigenvalue weighted by Crippen LogP contribution is 2.51. The number of pyridine rings is 1. The first-order chi connectivity index (χ1) is 28.1. The SMILES string of the molecule is Cc1sc2c(c1C)C(c1ccc(OCC3CC4(CCCN(c5ccc(C(=O)NC6CCC(Oc7ccc(C#N)c(Cl)c7)CC6)nn5)C4)C3)nc1)=NCc1nnc(C)n1-2. The lowest BCUT2D eigenvalue weighted by Crippen LogP contribution is -2.51. The molecule has 3 fully saturated rings. The average Bonchev–Trinajstić information content (AvgIpc) is 3.68. The Morgan fingerprint density at radius 2 is 1.90 bits per heavy atom. The van der Waals surface area contributed by atoms with Gasteiger partial charge in [0.2, 0.25) is 5.88 Å². The van der Waals surface area contributed by atoms with Crippen LogP contribution in [-0.2, 0) is 6.54 Å². The zero-order valence-corrected chi connectivity index (χ0v) is 34.4. The zero-order valence-electron chi connectivity index (χ0n) is 32.9. The minimum absolute atomic E-state index is 0.0331. The van der Waals surface area contributed by atoms with Crippen LogP contribution >= 0.6 is 22.9 Å². The lowest BCUT2D eigenvalue weighted by molar-refractivity contribution is 0.0103. The molecule has 1 saturated heterocycles. The lowest BCUT2D eigenvalue weighted by Gasteiger charge is -2.53. The van der Waals surface area contributed by atoms with Crippen molar-refractivity contribution in [2.75, 3.05) is 24.6 Å². The maximum Gasteiger partial charge on any atom is 0.272 e. The molecule has 4 aliphatic rings. The molecule has 0 atom stereocenters. The van der Waals surface area contributed by atoms with Gasteiger partial charge in [-0.25, -0.2) is 4.98 Å². The number of carbonyl (C=O) groups is 1. The van der Waals surface area contributed by atoms with E-state index in [1.165, 1.54) is 16.9 Å². The van der Waals surface area contributed by atoms with E-state index in [2.05, 4.69) is 61.2 Å². The van der Waals surface area contributed by atoms with Crippen molar-refractivity contribution >= 4 is 40.4 Å². The van der Waals surface area contributed by atoms with Crippen LogP contribution in [0, 0.1) is 43.4 Å². The molecule has 1 aromatic carbocycles. The topological polar surface area (TPSA) is 156 Å². The average molecular weight is 817 g/mol. The van der Waals surface area contributed by atoms with E-state index in [0.29, 0.717) is 47.0 Å². The quantitative estimate of drug-likeness (QED) is 0.158. The van der Waals surface area contributed by atoms with Gasteiger partial charge in [-0.05, 0) is 119 Å². The Hall–Kier alpha value is -5.39. The van der Waals surface area contributed by atoms with Gasteiger partial charge in [-0.15, -0.1) is 31.7 Å². The highest BCUT2D eigenvalue weighted by molar-refractivity contribution is 7.15. The normalized spacial score (nSPS) is 22.5. The smallest absolute Gasteiger partial charge is 0.272 e. The third kappa shape index (κ3) is 7.53. The monoisotopic (exact) mass is 816 g/mol. The lowest BCUT2D eigenvalue weighted by atomic mass is 9.58. The second kappa shape index (κ2) is 15.8. The van der Waals surface area contributed by atoms with Crippen LogP contribution in [0.2, 0.25) is 5.02 Å². The maximum absolute atomic E-state index is 13.1. The molecule has 1 N–H and O–H groups in total. The highest BCUT2D eigenvalue weighted by Gasteiger charge is 2.47. The first kappa shape index (κ1) is 38.1. The number of anilines is 1. The van der Waals surface area contributed by atoms with Gasteiger partial charge in [-0.1, -0.05) is 11.6 Å². The highest BCUT2D eigenvalue weighted by atomic mass is 35.5. The number of aromatic nitrogens is 6. The molecule has 4 aromatic heterocycles. The van der Waals surface area contributed by atoms with Gasteiger partial charge in [-0.3, -0.25) is 14.4 Å². The summed E-state index contributed by atoms with van der Waals surface area (Å²) in [6.07, 6.45) is 9.61. The maximum atomic E-state index is 13.1. The Morgan fingerprint density at radius 1 is 1.05 bits per heavy atom. The van der Waals surface area contributed by atoms with Crippen LogP contribution in [0.1, 0.15) is 101 Å². The number of aryl methyl sites for hydroxylation is 2. The number of benzene rings is 1. The number of rotatable bonds is 9. The van der Waals surface area contributed by atoms with E-state index in [4.69, 9.17) is 36.3 Å². The summed E-state index contributed by atoms with van der Waals surface area (Å²) in [5.41, 5.74) is 5.23. The van der Waals surface area contributed by atoms with Gasteiger partial charge in [-0.2, -0.15) is 5.26 Å². The Morgan fingerprint density at radius 3 is 2.64 bits per heavy atom. The second-order valence-electron chi connectivity index (χ2n) is 16.2. The number of ether oxygens (including phenoxy) is 2. The molecule has 1 amide bonds. The Bertz CT molecular complexity index is 2410. The molecule has 2 saturated carbocycles. The number of nitriles is 1. The predicted molar refractivity (Wildman–Crippen MR) is 221 cm³/mol. The van der Waals surface area contributed by atoms with Crippen molar-refractivity contribution in [3.05, 3.63) is 98.2 Å². The summed E-state index contributed by atoms with van der Waals surface area (Å²) < 4.78 is 14.5. The van der Waals surface area contributed by atoms with Gasteiger partial charge < -0.3 is 19.7 Å². The summed E-state index contributed by atoms with van der Waals surface area (Å²) in [5.74, 6) is 4.08. The van der Waals surface area contributed by atoms with E-state index >= 15 is 0 Å². The van der Waals surface area contributed by atoms with Crippen LogP contribution in [0.4, 0.5) is 5.82 Å². The molecule has 13 nitrogen and oxygen atoms in total. The third-order valence-corrected chi connectivity index (χ3v) is 13.7. The number of amides is 1. The summed E-state index contributed by atoms with van der Waals surface area (Å²) in [7, 11) is 0. The van der Waals surface area contributed by atoms with Crippen molar-refractivity contribution in [3.63, 3.8) is 0 Å². The third-order valence-electron chi connectivity index (χ3n) is 12.2. The number of thiophene rings is 1. The van der Waals surface area contributed by atoms with Crippen LogP contribution in [-0.4, -0.2) is 73.4 Å². The Labute approximate surface area is 346 Å². The number of piperidine rings is 1. The first-order valence-electron chi connectivity index (χ1n) is 20.1. The summed E-state index contributed by atoms with van der Waals surface area (Å²) in [4.78, 5) is 26.4. The molecule has 0 unspecified atom stereocenters. The largest absolute Gasteiger partial charge is 0.490 e. The molecule has 15 heteroatoms. The molecule has 0 bridgehead atoms. The molecular weight excluding hydrogens is 772 g/mol. The molecule has 9 rings (SSSR count). The molecule has 6 heterocycles. The fraction of sp³-hybridized carbons (Fsp3) is 0.442. The zero-order chi connectivity index (χ0) is 40.0. The van der Waals surface area contributed by atoms with Crippen molar-refractivity contribution < 1.29 is 14.3 Å². The molecule has 2 aliphatic carbocycles. The minimum Gasteiger partial charge on any atom is -0.490 e. The van der Waals surface area contributed by atoms with E-state index in [0.717, 1.165) is 97.3 Å². The number of nitrogens with zero attached hydrogens (tertiary/aromatic N) is 9.